The minimum atomic E-state index is -0.0956. The van der Waals surface area contributed by atoms with Gasteiger partial charge in [0.2, 0.25) is 5.91 Å². The molecule has 1 aromatic heterocycles. The van der Waals surface area contributed by atoms with E-state index in [2.05, 4.69) is 39.7 Å². The average Bonchev–Trinajstić information content (AvgIpc) is 3.49. The standard InChI is InChI=1S/C22H35N5O2S/c1-24-11-13-25(14-12-24)19(20-7-5-15-30-20)16-23-21(28)18-6-4-10-27(17-18)22(29)26-8-2-3-9-26/h5,7,15,18-19H,2-4,6,8-14,16-17H2,1H3,(H,23,28)/t18-,19-/m0/s1. The van der Waals surface area contributed by atoms with Crippen LogP contribution in [0.4, 0.5) is 4.79 Å². The van der Waals surface area contributed by atoms with Crippen LogP contribution >= 0.6 is 11.3 Å². The van der Waals surface area contributed by atoms with E-state index in [1.807, 2.05) is 9.80 Å². The highest BCUT2D eigenvalue weighted by Gasteiger charge is 2.32. The Morgan fingerprint density at radius 1 is 1.07 bits per heavy atom. The fourth-order valence-corrected chi connectivity index (χ4v) is 5.70. The van der Waals surface area contributed by atoms with E-state index in [9.17, 15) is 9.59 Å². The summed E-state index contributed by atoms with van der Waals surface area (Å²) in [5.74, 6) is 0.00591. The summed E-state index contributed by atoms with van der Waals surface area (Å²) in [6.07, 6.45) is 3.97. The number of piperidine rings is 1. The number of nitrogens with one attached hydrogen (secondary N) is 1. The van der Waals surface area contributed by atoms with Crippen LogP contribution in [0.15, 0.2) is 17.5 Å². The van der Waals surface area contributed by atoms with Crippen molar-refractivity contribution in [3.8, 4) is 0 Å². The number of piperazine rings is 1. The zero-order valence-corrected chi connectivity index (χ0v) is 18.9. The van der Waals surface area contributed by atoms with Gasteiger partial charge in [-0.2, -0.15) is 0 Å². The fraction of sp³-hybridized carbons (Fsp3) is 0.727. The number of likely N-dealkylation sites (N-methyl/N-ethyl adjacent to an activating group) is 1. The number of thiophene rings is 1. The largest absolute Gasteiger partial charge is 0.354 e. The van der Waals surface area contributed by atoms with Gasteiger partial charge in [0.1, 0.15) is 0 Å². The molecule has 1 N–H and O–H groups in total. The van der Waals surface area contributed by atoms with Gasteiger partial charge < -0.3 is 20.0 Å². The maximum absolute atomic E-state index is 13.0. The molecule has 2 atom stereocenters. The molecule has 1 aromatic rings. The molecule has 0 radical (unpaired) electrons. The topological polar surface area (TPSA) is 59.1 Å². The predicted octanol–water partition coefficient (Wildman–Crippen LogP) is 2.08. The number of nitrogens with zero attached hydrogens (tertiary/aromatic N) is 4. The second-order valence-corrected chi connectivity index (χ2v) is 9.86. The second kappa shape index (κ2) is 10.1. The number of hydrogen-bond acceptors (Lipinski definition) is 5. The maximum atomic E-state index is 13.0. The summed E-state index contributed by atoms with van der Waals surface area (Å²) in [6.45, 7) is 7.86. The zero-order chi connectivity index (χ0) is 20.9. The Labute approximate surface area is 184 Å². The number of urea groups is 1. The Morgan fingerprint density at radius 3 is 2.50 bits per heavy atom. The molecule has 3 amide bonds. The lowest BCUT2D eigenvalue weighted by Crippen LogP contribution is -2.51. The van der Waals surface area contributed by atoms with Crippen molar-refractivity contribution in [2.24, 2.45) is 5.92 Å². The number of rotatable bonds is 5. The maximum Gasteiger partial charge on any atom is 0.320 e. The van der Waals surface area contributed by atoms with E-state index in [1.54, 1.807) is 11.3 Å². The van der Waals surface area contributed by atoms with Crippen LogP contribution in [-0.2, 0) is 4.79 Å². The minimum absolute atomic E-state index is 0.0956. The van der Waals surface area contributed by atoms with Crippen molar-refractivity contribution >= 4 is 23.3 Å². The lowest BCUT2D eigenvalue weighted by Gasteiger charge is -2.38. The van der Waals surface area contributed by atoms with Crippen LogP contribution in [0, 0.1) is 5.92 Å². The highest BCUT2D eigenvalue weighted by atomic mass is 32.1. The molecule has 7 nitrogen and oxygen atoms in total. The lowest BCUT2D eigenvalue weighted by atomic mass is 9.97. The third kappa shape index (κ3) is 5.15. The number of hydrogen-bond donors (Lipinski definition) is 1. The summed E-state index contributed by atoms with van der Waals surface area (Å²) < 4.78 is 0. The summed E-state index contributed by atoms with van der Waals surface area (Å²) in [7, 11) is 2.16. The summed E-state index contributed by atoms with van der Waals surface area (Å²) in [5, 5.41) is 5.35. The van der Waals surface area contributed by atoms with Gasteiger partial charge in [-0.25, -0.2) is 4.79 Å². The highest BCUT2D eigenvalue weighted by Crippen LogP contribution is 2.26. The first-order valence-corrected chi connectivity index (χ1v) is 12.3. The molecule has 8 heteroatoms. The zero-order valence-electron chi connectivity index (χ0n) is 18.1. The second-order valence-electron chi connectivity index (χ2n) is 8.88. The molecule has 0 unspecified atom stereocenters. The Hall–Kier alpha value is -1.64. The SMILES string of the molecule is CN1CCN([C@@H](CNC(=O)[C@H]2CCCN(C(=O)N3CCCC3)C2)c2cccs2)CC1. The van der Waals surface area contributed by atoms with Gasteiger partial charge in [0.05, 0.1) is 12.0 Å². The number of amides is 3. The van der Waals surface area contributed by atoms with Gasteiger partial charge >= 0.3 is 6.03 Å². The highest BCUT2D eigenvalue weighted by molar-refractivity contribution is 7.10. The molecule has 0 spiro atoms. The van der Waals surface area contributed by atoms with E-state index >= 15 is 0 Å². The summed E-state index contributed by atoms with van der Waals surface area (Å²) >= 11 is 1.77. The van der Waals surface area contributed by atoms with Gasteiger partial charge in [-0.3, -0.25) is 9.69 Å². The predicted molar refractivity (Wildman–Crippen MR) is 120 cm³/mol. The van der Waals surface area contributed by atoms with E-state index in [4.69, 9.17) is 0 Å². The van der Waals surface area contributed by atoms with Crippen molar-refractivity contribution in [3.05, 3.63) is 22.4 Å². The average molecular weight is 434 g/mol. The molecule has 30 heavy (non-hydrogen) atoms. The number of carbonyl (C=O) groups is 2. The van der Waals surface area contributed by atoms with Gasteiger partial charge in [-0.1, -0.05) is 6.07 Å². The van der Waals surface area contributed by atoms with E-state index in [1.165, 1.54) is 4.88 Å². The molecule has 4 rings (SSSR count). The van der Waals surface area contributed by atoms with Crippen molar-refractivity contribution in [3.63, 3.8) is 0 Å². The smallest absolute Gasteiger partial charge is 0.320 e. The molecule has 3 aliphatic rings. The molecule has 3 fully saturated rings. The normalized spacial score (nSPS) is 24.8. The fourth-order valence-electron chi connectivity index (χ4n) is 4.84. The lowest BCUT2D eigenvalue weighted by molar-refractivity contribution is -0.126. The number of likely N-dealkylation sites (tertiary alicyclic amines) is 2. The molecular formula is C22H35N5O2S. The molecule has 0 bridgehead atoms. The molecule has 3 saturated heterocycles. The van der Waals surface area contributed by atoms with Crippen molar-refractivity contribution < 1.29 is 9.59 Å². The van der Waals surface area contributed by atoms with Crippen LogP contribution < -0.4 is 5.32 Å². The van der Waals surface area contributed by atoms with Crippen molar-refractivity contribution in [1.29, 1.82) is 0 Å². The van der Waals surface area contributed by atoms with Crippen molar-refractivity contribution in [2.75, 3.05) is 66.0 Å². The monoisotopic (exact) mass is 433 g/mol. The molecular weight excluding hydrogens is 398 g/mol. The van der Waals surface area contributed by atoms with Crippen LogP contribution in [0.25, 0.3) is 0 Å². The first-order valence-electron chi connectivity index (χ1n) is 11.4. The number of carbonyl (C=O) groups excluding carboxylic acids is 2. The molecule has 0 aromatic carbocycles. The Kier molecular flexibility index (Phi) is 7.28. The quantitative estimate of drug-likeness (QED) is 0.773. The van der Waals surface area contributed by atoms with Crippen LogP contribution in [0.2, 0.25) is 0 Å². The molecule has 3 aliphatic heterocycles. The third-order valence-electron chi connectivity index (χ3n) is 6.76. The third-order valence-corrected chi connectivity index (χ3v) is 7.73. The van der Waals surface area contributed by atoms with E-state index in [0.29, 0.717) is 13.1 Å². The molecule has 0 saturated carbocycles. The summed E-state index contributed by atoms with van der Waals surface area (Å²) in [4.78, 5) is 35.8. The Bertz CT molecular complexity index is 698. The van der Waals surface area contributed by atoms with Crippen LogP contribution in [-0.4, -0.2) is 97.5 Å². The molecule has 4 heterocycles. The van der Waals surface area contributed by atoms with Gasteiger partial charge in [-0.05, 0) is 44.2 Å². The van der Waals surface area contributed by atoms with Crippen LogP contribution in [0.1, 0.15) is 36.6 Å². The van der Waals surface area contributed by atoms with Crippen LogP contribution in [0.3, 0.4) is 0 Å². The summed E-state index contributed by atoms with van der Waals surface area (Å²) in [5.41, 5.74) is 0. The van der Waals surface area contributed by atoms with Crippen molar-refractivity contribution in [1.82, 2.24) is 24.9 Å². The molecule has 0 aliphatic carbocycles. The van der Waals surface area contributed by atoms with E-state index in [-0.39, 0.29) is 23.9 Å². The van der Waals surface area contributed by atoms with Gasteiger partial charge in [0, 0.05) is 63.8 Å². The minimum Gasteiger partial charge on any atom is -0.354 e. The Morgan fingerprint density at radius 2 is 1.80 bits per heavy atom. The van der Waals surface area contributed by atoms with Gasteiger partial charge in [0.15, 0.2) is 0 Å². The van der Waals surface area contributed by atoms with Crippen molar-refractivity contribution in [2.45, 2.75) is 31.7 Å². The first-order chi connectivity index (χ1) is 14.6. The van der Waals surface area contributed by atoms with E-state index < -0.39 is 0 Å². The van der Waals surface area contributed by atoms with Gasteiger partial charge in [0.25, 0.3) is 0 Å². The Balaban J connectivity index is 1.33. The van der Waals surface area contributed by atoms with Crippen LogP contribution in [0.5, 0.6) is 0 Å². The van der Waals surface area contributed by atoms with Gasteiger partial charge in [-0.15, -0.1) is 11.3 Å². The first kappa shape index (κ1) is 21.6. The molecule has 166 valence electrons. The van der Waals surface area contributed by atoms with E-state index in [0.717, 1.165) is 71.5 Å². The summed E-state index contributed by atoms with van der Waals surface area (Å²) in [6, 6.07) is 4.62.